The van der Waals surface area contributed by atoms with Crippen molar-refractivity contribution in [2.24, 2.45) is 11.8 Å². The predicted molar refractivity (Wildman–Crippen MR) is 73.2 cm³/mol. The van der Waals surface area contributed by atoms with Crippen LogP contribution in [0.3, 0.4) is 0 Å². The maximum atomic E-state index is 11.8. The lowest BCUT2D eigenvalue weighted by Gasteiger charge is -2.41. The van der Waals surface area contributed by atoms with Crippen LogP contribution in [-0.4, -0.2) is 35.1 Å². The summed E-state index contributed by atoms with van der Waals surface area (Å²) < 4.78 is 0. The van der Waals surface area contributed by atoms with Gasteiger partial charge in [0.05, 0.1) is 12.5 Å². The van der Waals surface area contributed by atoms with E-state index in [1.54, 1.807) is 23.2 Å². The Balaban J connectivity index is 1.73. The third kappa shape index (κ3) is 3.26. The van der Waals surface area contributed by atoms with Crippen molar-refractivity contribution in [3.63, 3.8) is 0 Å². The molecule has 1 atom stereocenters. The Hall–Kier alpha value is -1.56. The quantitative estimate of drug-likeness (QED) is 0.886. The van der Waals surface area contributed by atoms with Gasteiger partial charge in [0.15, 0.2) is 0 Å². The molecule has 1 aliphatic heterocycles. The van der Waals surface area contributed by atoms with Crippen LogP contribution in [0.1, 0.15) is 16.7 Å². The Bertz CT molecular complexity index is 480. The van der Waals surface area contributed by atoms with Gasteiger partial charge in [-0.05, 0) is 19.1 Å². The monoisotopic (exact) mass is 282 g/mol. The van der Waals surface area contributed by atoms with E-state index in [1.807, 2.05) is 19.1 Å². The van der Waals surface area contributed by atoms with Crippen molar-refractivity contribution in [3.05, 3.63) is 21.9 Å². The molecule has 1 fully saturated rings. The zero-order valence-corrected chi connectivity index (χ0v) is 11.9. The summed E-state index contributed by atoms with van der Waals surface area (Å²) in [5.74, 6) is -1.10. The second-order valence-corrected chi connectivity index (χ2v) is 6.34. The molecule has 1 saturated heterocycles. The molecule has 0 aliphatic carbocycles. The summed E-state index contributed by atoms with van der Waals surface area (Å²) in [5, 5.41) is 11.7. The van der Waals surface area contributed by atoms with Crippen molar-refractivity contribution in [1.82, 2.24) is 10.2 Å². The van der Waals surface area contributed by atoms with E-state index in [0.29, 0.717) is 19.6 Å². The first-order valence-corrected chi connectivity index (χ1v) is 7.10. The topological polar surface area (TPSA) is 69.6 Å². The molecule has 5 nitrogen and oxygen atoms in total. The number of nitrogens with one attached hydrogen (secondary N) is 1. The minimum absolute atomic E-state index is 0.0761. The maximum Gasteiger partial charge on any atom is 0.317 e. The summed E-state index contributed by atoms with van der Waals surface area (Å²) >= 11 is 1.67. The highest BCUT2D eigenvalue weighted by Crippen LogP contribution is 2.24. The standard InChI is InChI=1S/C13H18N2O3S/c1-8-3-4-11(19-8)5-14-13(18)15-6-10(7-15)9(2)12(16)17/h3-4,9-10H,5-7H2,1-2H3,(H,14,18)(H,16,17). The number of urea groups is 1. The summed E-state index contributed by atoms with van der Waals surface area (Å²) in [5.41, 5.74) is 0. The fraction of sp³-hybridized carbons (Fsp3) is 0.538. The lowest BCUT2D eigenvalue weighted by Crippen LogP contribution is -2.56. The van der Waals surface area contributed by atoms with Crippen molar-refractivity contribution in [3.8, 4) is 0 Å². The molecule has 0 radical (unpaired) electrons. The number of aryl methyl sites for hydroxylation is 1. The highest BCUT2D eigenvalue weighted by molar-refractivity contribution is 7.11. The van der Waals surface area contributed by atoms with E-state index in [4.69, 9.17) is 5.11 Å². The van der Waals surface area contributed by atoms with Gasteiger partial charge in [-0.3, -0.25) is 4.79 Å². The highest BCUT2D eigenvalue weighted by atomic mass is 32.1. The first-order chi connectivity index (χ1) is 8.97. The third-order valence-corrected chi connectivity index (χ3v) is 4.50. The Labute approximate surface area is 116 Å². The van der Waals surface area contributed by atoms with Gasteiger partial charge in [-0.15, -0.1) is 11.3 Å². The van der Waals surface area contributed by atoms with Crippen molar-refractivity contribution < 1.29 is 14.7 Å². The number of hydrogen-bond acceptors (Lipinski definition) is 3. The minimum Gasteiger partial charge on any atom is -0.481 e. The summed E-state index contributed by atoms with van der Waals surface area (Å²) in [6.45, 7) is 5.32. The number of carbonyl (C=O) groups excluding carboxylic acids is 1. The molecule has 1 unspecified atom stereocenters. The number of likely N-dealkylation sites (tertiary alicyclic amines) is 1. The van der Waals surface area contributed by atoms with Crippen molar-refractivity contribution in [2.45, 2.75) is 20.4 Å². The molecular formula is C13H18N2O3S. The lowest BCUT2D eigenvalue weighted by atomic mass is 9.87. The van der Waals surface area contributed by atoms with E-state index < -0.39 is 5.97 Å². The van der Waals surface area contributed by atoms with Crippen LogP contribution < -0.4 is 5.32 Å². The number of carboxylic acids is 1. The molecule has 1 aromatic rings. The van der Waals surface area contributed by atoms with E-state index in [1.165, 1.54) is 4.88 Å². The zero-order valence-electron chi connectivity index (χ0n) is 11.0. The zero-order chi connectivity index (χ0) is 14.0. The largest absolute Gasteiger partial charge is 0.481 e. The van der Waals surface area contributed by atoms with Gasteiger partial charge in [0, 0.05) is 28.8 Å². The molecule has 2 N–H and O–H groups in total. The molecule has 0 aromatic carbocycles. The summed E-state index contributed by atoms with van der Waals surface area (Å²) in [6, 6.07) is 3.92. The smallest absolute Gasteiger partial charge is 0.317 e. The second kappa shape index (κ2) is 5.61. The number of aliphatic carboxylic acids is 1. The number of hydrogen-bond donors (Lipinski definition) is 2. The van der Waals surface area contributed by atoms with Gasteiger partial charge in [-0.25, -0.2) is 4.79 Å². The van der Waals surface area contributed by atoms with Gasteiger partial charge in [-0.2, -0.15) is 0 Å². The van der Waals surface area contributed by atoms with E-state index >= 15 is 0 Å². The molecule has 2 heterocycles. The van der Waals surface area contributed by atoms with E-state index in [2.05, 4.69) is 5.32 Å². The summed E-state index contributed by atoms with van der Waals surface area (Å²) in [4.78, 5) is 26.6. The van der Waals surface area contributed by atoms with Crippen molar-refractivity contribution >= 4 is 23.3 Å². The van der Waals surface area contributed by atoms with Gasteiger partial charge in [0.25, 0.3) is 0 Å². The number of carbonyl (C=O) groups is 2. The lowest BCUT2D eigenvalue weighted by molar-refractivity contribution is -0.144. The Kier molecular flexibility index (Phi) is 4.09. The molecule has 0 bridgehead atoms. The molecule has 1 aliphatic rings. The molecule has 2 rings (SSSR count). The second-order valence-electron chi connectivity index (χ2n) is 4.96. The first-order valence-electron chi connectivity index (χ1n) is 6.28. The van der Waals surface area contributed by atoms with Crippen LogP contribution in [0.2, 0.25) is 0 Å². The van der Waals surface area contributed by atoms with Crippen LogP contribution >= 0.6 is 11.3 Å². The van der Waals surface area contributed by atoms with Crippen LogP contribution in [0.15, 0.2) is 12.1 Å². The first kappa shape index (κ1) is 13.9. The third-order valence-electron chi connectivity index (χ3n) is 3.50. The minimum atomic E-state index is -0.792. The number of rotatable bonds is 4. The van der Waals surface area contributed by atoms with Gasteiger partial charge in [0.1, 0.15) is 0 Å². The van der Waals surface area contributed by atoms with Gasteiger partial charge in [-0.1, -0.05) is 6.92 Å². The molecule has 19 heavy (non-hydrogen) atoms. The van der Waals surface area contributed by atoms with Gasteiger partial charge in [0.2, 0.25) is 0 Å². The Morgan fingerprint density at radius 3 is 2.74 bits per heavy atom. The van der Waals surface area contributed by atoms with E-state index in [9.17, 15) is 9.59 Å². The Morgan fingerprint density at radius 2 is 2.21 bits per heavy atom. The molecule has 6 heteroatoms. The summed E-state index contributed by atoms with van der Waals surface area (Å²) in [6.07, 6.45) is 0. The fourth-order valence-corrected chi connectivity index (χ4v) is 2.88. The van der Waals surface area contributed by atoms with Crippen LogP contribution in [-0.2, 0) is 11.3 Å². The molecule has 0 saturated carbocycles. The molecular weight excluding hydrogens is 264 g/mol. The number of amides is 2. The van der Waals surface area contributed by atoms with E-state index in [0.717, 1.165) is 4.88 Å². The average molecular weight is 282 g/mol. The van der Waals surface area contributed by atoms with E-state index in [-0.39, 0.29) is 17.9 Å². The van der Waals surface area contributed by atoms with Crippen LogP contribution in [0.25, 0.3) is 0 Å². The van der Waals surface area contributed by atoms with Gasteiger partial charge < -0.3 is 15.3 Å². The molecule has 1 aromatic heterocycles. The number of thiophene rings is 1. The SMILES string of the molecule is Cc1ccc(CNC(=O)N2CC(C(C)C(=O)O)C2)s1. The summed E-state index contributed by atoms with van der Waals surface area (Å²) in [7, 11) is 0. The normalized spacial score (nSPS) is 16.8. The fourth-order valence-electron chi connectivity index (χ4n) is 2.05. The van der Waals surface area contributed by atoms with Crippen LogP contribution in [0, 0.1) is 18.8 Å². The highest BCUT2D eigenvalue weighted by Gasteiger charge is 2.37. The maximum absolute atomic E-state index is 11.8. The van der Waals surface area contributed by atoms with Gasteiger partial charge >= 0.3 is 12.0 Å². The van der Waals surface area contributed by atoms with Crippen LogP contribution in [0.5, 0.6) is 0 Å². The molecule has 104 valence electrons. The predicted octanol–water partition coefficient (Wildman–Crippen LogP) is 1.92. The molecule has 2 amide bonds. The Morgan fingerprint density at radius 1 is 1.53 bits per heavy atom. The number of carboxylic acid groups (broad SMARTS) is 1. The van der Waals surface area contributed by atoms with Crippen molar-refractivity contribution in [1.29, 1.82) is 0 Å². The average Bonchev–Trinajstić information content (AvgIpc) is 2.70. The molecule has 0 spiro atoms. The van der Waals surface area contributed by atoms with Crippen LogP contribution in [0.4, 0.5) is 4.79 Å². The van der Waals surface area contributed by atoms with Crippen molar-refractivity contribution in [2.75, 3.05) is 13.1 Å². The number of nitrogens with zero attached hydrogens (tertiary/aromatic N) is 1.